The molecule has 2 aromatic carbocycles. The second-order valence-electron chi connectivity index (χ2n) is 5.10. The van der Waals surface area contributed by atoms with E-state index in [0.717, 1.165) is 32.4 Å². The number of aromatic nitrogens is 1. The second-order valence-corrected chi connectivity index (χ2v) is 5.96. The van der Waals surface area contributed by atoms with Crippen molar-refractivity contribution in [2.75, 3.05) is 5.73 Å². The minimum atomic E-state index is 0.344. The zero-order valence-corrected chi connectivity index (χ0v) is 13.4. The Labute approximate surface area is 131 Å². The molecule has 0 unspecified atom stereocenters. The maximum atomic E-state index is 5.99. The first kappa shape index (κ1) is 13.9. The zero-order chi connectivity index (χ0) is 15.0. The summed E-state index contributed by atoms with van der Waals surface area (Å²) < 4.78 is 6.30. The van der Waals surface area contributed by atoms with E-state index in [1.165, 1.54) is 5.56 Å². The van der Waals surface area contributed by atoms with E-state index in [1.54, 1.807) is 0 Å². The molecule has 1 heterocycles. The van der Waals surface area contributed by atoms with Gasteiger partial charge in [-0.05, 0) is 37.1 Å². The van der Waals surface area contributed by atoms with Gasteiger partial charge in [0.1, 0.15) is 5.69 Å². The van der Waals surface area contributed by atoms with Gasteiger partial charge in [-0.25, -0.2) is 0 Å². The van der Waals surface area contributed by atoms with Gasteiger partial charge in [0.05, 0.1) is 5.56 Å². The largest absolute Gasteiger partial charge is 0.367 e. The van der Waals surface area contributed by atoms with Crippen molar-refractivity contribution >= 4 is 21.8 Å². The maximum Gasteiger partial charge on any atom is 0.230 e. The Morgan fingerprint density at radius 3 is 2.57 bits per heavy atom. The van der Waals surface area contributed by atoms with Crippen LogP contribution in [0.4, 0.5) is 5.88 Å². The van der Waals surface area contributed by atoms with Gasteiger partial charge in [0.15, 0.2) is 0 Å². The summed E-state index contributed by atoms with van der Waals surface area (Å²) in [5.41, 5.74) is 11.9. The first-order valence-electron chi connectivity index (χ1n) is 6.65. The Balaban J connectivity index is 2.19. The number of rotatable bonds is 2. The van der Waals surface area contributed by atoms with Crippen LogP contribution in [0.1, 0.15) is 11.1 Å². The summed E-state index contributed by atoms with van der Waals surface area (Å²) in [6.45, 7) is 4.10. The molecule has 2 N–H and O–H groups in total. The average molecular weight is 343 g/mol. The van der Waals surface area contributed by atoms with E-state index in [2.05, 4.69) is 46.2 Å². The van der Waals surface area contributed by atoms with Crippen molar-refractivity contribution in [3.63, 3.8) is 0 Å². The van der Waals surface area contributed by atoms with E-state index in [0.29, 0.717) is 5.88 Å². The Morgan fingerprint density at radius 2 is 1.86 bits per heavy atom. The highest BCUT2D eigenvalue weighted by molar-refractivity contribution is 9.10. The fraction of sp³-hybridized carbons (Fsp3) is 0.118. The summed E-state index contributed by atoms with van der Waals surface area (Å²) >= 11 is 3.51. The van der Waals surface area contributed by atoms with Crippen LogP contribution in [-0.4, -0.2) is 5.16 Å². The lowest BCUT2D eigenvalue weighted by Crippen LogP contribution is -1.89. The van der Waals surface area contributed by atoms with Gasteiger partial charge in [-0.15, -0.1) is 0 Å². The fourth-order valence-electron chi connectivity index (χ4n) is 2.37. The predicted molar refractivity (Wildman–Crippen MR) is 89.0 cm³/mol. The van der Waals surface area contributed by atoms with Crippen LogP contribution in [0.5, 0.6) is 0 Å². The Morgan fingerprint density at radius 1 is 1.05 bits per heavy atom. The van der Waals surface area contributed by atoms with Gasteiger partial charge in [0.2, 0.25) is 5.88 Å². The van der Waals surface area contributed by atoms with Gasteiger partial charge in [0.25, 0.3) is 0 Å². The van der Waals surface area contributed by atoms with Crippen LogP contribution in [0.15, 0.2) is 51.5 Å². The predicted octanol–water partition coefficient (Wildman–Crippen LogP) is 4.97. The molecule has 0 spiro atoms. The molecule has 3 nitrogen and oxygen atoms in total. The monoisotopic (exact) mass is 342 g/mol. The normalized spacial score (nSPS) is 10.8. The highest BCUT2D eigenvalue weighted by Gasteiger charge is 2.17. The molecule has 0 amide bonds. The Kier molecular flexibility index (Phi) is 3.55. The third-order valence-corrected chi connectivity index (χ3v) is 4.35. The molecule has 106 valence electrons. The van der Waals surface area contributed by atoms with Crippen LogP contribution in [0.25, 0.3) is 22.4 Å². The number of nitrogens with two attached hydrogens (primary N) is 1. The zero-order valence-electron chi connectivity index (χ0n) is 11.9. The van der Waals surface area contributed by atoms with Crippen molar-refractivity contribution in [1.82, 2.24) is 5.16 Å². The molecule has 0 fully saturated rings. The molecular formula is C17H15BrN2O. The van der Waals surface area contributed by atoms with Gasteiger partial charge < -0.3 is 10.3 Å². The molecular weight excluding hydrogens is 328 g/mol. The van der Waals surface area contributed by atoms with Crippen LogP contribution in [0.2, 0.25) is 0 Å². The number of hydrogen-bond acceptors (Lipinski definition) is 3. The lowest BCUT2D eigenvalue weighted by Gasteiger charge is -2.05. The SMILES string of the molecule is Cc1cccc(-c2c(-c3ccc(Br)c(C)c3)noc2N)c1. The van der Waals surface area contributed by atoms with Crippen molar-refractivity contribution in [3.05, 3.63) is 58.1 Å². The highest BCUT2D eigenvalue weighted by atomic mass is 79.9. The molecule has 0 bridgehead atoms. The van der Waals surface area contributed by atoms with Crippen LogP contribution >= 0.6 is 15.9 Å². The lowest BCUT2D eigenvalue weighted by molar-refractivity contribution is 0.439. The Bertz CT molecular complexity index is 808. The number of nitrogen functional groups attached to an aromatic ring is 1. The number of halogens is 1. The molecule has 0 aliphatic rings. The van der Waals surface area contributed by atoms with Gasteiger partial charge >= 0.3 is 0 Å². The van der Waals surface area contributed by atoms with Gasteiger partial charge in [-0.3, -0.25) is 0 Å². The number of anilines is 1. The summed E-state index contributed by atoms with van der Waals surface area (Å²) in [4.78, 5) is 0. The minimum absolute atomic E-state index is 0.344. The van der Waals surface area contributed by atoms with Crippen LogP contribution in [0.3, 0.4) is 0 Å². The van der Waals surface area contributed by atoms with E-state index in [1.807, 2.05) is 31.2 Å². The average Bonchev–Trinajstić information content (AvgIpc) is 2.84. The third kappa shape index (κ3) is 2.59. The second kappa shape index (κ2) is 5.37. The van der Waals surface area contributed by atoms with Crippen molar-refractivity contribution in [2.24, 2.45) is 0 Å². The van der Waals surface area contributed by atoms with E-state index in [4.69, 9.17) is 10.3 Å². The van der Waals surface area contributed by atoms with Crippen LogP contribution in [-0.2, 0) is 0 Å². The van der Waals surface area contributed by atoms with Crippen molar-refractivity contribution < 1.29 is 4.52 Å². The summed E-state index contributed by atoms with van der Waals surface area (Å²) in [6.07, 6.45) is 0. The third-order valence-electron chi connectivity index (χ3n) is 3.46. The molecule has 0 aliphatic carbocycles. The number of aryl methyl sites for hydroxylation is 2. The standard InChI is InChI=1S/C17H15BrN2O/c1-10-4-3-5-12(8-10)15-16(20-21-17(15)19)13-6-7-14(18)11(2)9-13/h3-9H,19H2,1-2H3. The molecule has 0 radical (unpaired) electrons. The molecule has 1 aromatic heterocycles. The van der Waals surface area contributed by atoms with E-state index < -0.39 is 0 Å². The van der Waals surface area contributed by atoms with E-state index in [-0.39, 0.29) is 0 Å². The molecule has 3 rings (SSSR count). The quantitative estimate of drug-likeness (QED) is 0.715. The molecule has 0 atom stereocenters. The molecule has 0 saturated carbocycles. The van der Waals surface area contributed by atoms with Gasteiger partial charge in [0, 0.05) is 10.0 Å². The van der Waals surface area contributed by atoms with Crippen LogP contribution in [0, 0.1) is 13.8 Å². The highest BCUT2D eigenvalue weighted by Crippen LogP contribution is 2.37. The summed E-state index contributed by atoms with van der Waals surface area (Å²) in [5.74, 6) is 0.344. The topological polar surface area (TPSA) is 52.0 Å². The molecule has 0 saturated heterocycles. The molecule has 3 aromatic rings. The summed E-state index contributed by atoms with van der Waals surface area (Å²) in [7, 11) is 0. The summed E-state index contributed by atoms with van der Waals surface area (Å²) in [6, 6.07) is 14.2. The van der Waals surface area contributed by atoms with E-state index >= 15 is 0 Å². The van der Waals surface area contributed by atoms with Crippen molar-refractivity contribution in [2.45, 2.75) is 13.8 Å². The minimum Gasteiger partial charge on any atom is -0.367 e. The molecule has 21 heavy (non-hydrogen) atoms. The first-order valence-corrected chi connectivity index (χ1v) is 7.44. The van der Waals surface area contributed by atoms with Gasteiger partial charge in [-0.1, -0.05) is 57.0 Å². The molecule has 0 aliphatic heterocycles. The smallest absolute Gasteiger partial charge is 0.230 e. The number of benzene rings is 2. The maximum absolute atomic E-state index is 5.99. The number of nitrogens with zero attached hydrogens (tertiary/aromatic N) is 1. The van der Waals surface area contributed by atoms with Crippen molar-refractivity contribution in [3.8, 4) is 22.4 Å². The number of hydrogen-bond donors (Lipinski definition) is 1. The molecule has 4 heteroatoms. The first-order chi connectivity index (χ1) is 10.1. The Hall–Kier alpha value is -2.07. The van der Waals surface area contributed by atoms with E-state index in [9.17, 15) is 0 Å². The fourth-order valence-corrected chi connectivity index (χ4v) is 2.62. The summed E-state index contributed by atoms with van der Waals surface area (Å²) in [5, 5.41) is 4.15. The van der Waals surface area contributed by atoms with Crippen molar-refractivity contribution in [1.29, 1.82) is 0 Å². The van der Waals surface area contributed by atoms with Gasteiger partial charge in [-0.2, -0.15) is 0 Å². The van der Waals surface area contributed by atoms with Crippen LogP contribution < -0.4 is 5.73 Å². The lowest BCUT2D eigenvalue weighted by atomic mass is 9.99.